The van der Waals surface area contributed by atoms with E-state index in [4.69, 9.17) is 0 Å². The number of amides is 1. The Bertz CT molecular complexity index is 507. The predicted molar refractivity (Wildman–Crippen MR) is 70.9 cm³/mol. The fourth-order valence-corrected chi connectivity index (χ4v) is 2.32. The zero-order valence-electron chi connectivity index (χ0n) is 10.1. The van der Waals surface area contributed by atoms with Gasteiger partial charge in [0, 0.05) is 13.6 Å². The third-order valence-corrected chi connectivity index (χ3v) is 3.43. The van der Waals surface area contributed by atoms with E-state index in [9.17, 15) is 9.18 Å². The highest BCUT2D eigenvalue weighted by Gasteiger charge is 2.10. The van der Waals surface area contributed by atoms with E-state index in [1.807, 2.05) is 16.8 Å². The van der Waals surface area contributed by atoms with E-state index in [1.165, 1.54) is 12.1 Å². The minimum Gasteiger partial charge on any atom is -0.341 e. The van der Waals surface area contributed by atoms with E-state index in [0.717, 1.165) is 11.1 Å². The summed E-state index contributed by atoms with van der Waals surface area (Å²) in [5.41, 5.74) is 1.97. The number of rotatable bonds is 4. The molecule has 0 saturated carbocycles. The Labute approximate surface area is 110 Å². The number of halogens is 1. The molecule has 18 heavy (non-hydrogen) atoms. The lowest BCUT2D eigenvalue weighted by Gasteiger charge is -2.16. The molecule has 0 unspecified atom stereocenters. The lowest BCUT2D eigenvalue weighted by molar-refractivity contribution is -0.129. The third-order valence-electron chi connectivity index (χ3n) is 2.69. The van der Waals surface area contributed by atoms with Crippen LogP contribution in [0.2, 0.25) is 0 Å². The zero-order chi connectivity index (χ0) is 13.0. The molecule has 0 spiro atoms. The number of nitrogens with zero attached hydrogens (tertiary/aromatic N) is 1. The van der Waals surface area contributed by atoms with E-state index in [0.29, 0.717) is 13.0 Å². The molecule has 0 aliphatic carbocycles. The molecule has 94 valence electrons. The highest BCUT2D eigenvalue weighted by atomic mass is 32.1. The molecular weight excluding hydrogens is 249 g/mol. The van der Waals surface area contributed by atoms with Crippen molar-refractivity contribution < 1.29 is 9.18 Å². The number of carbonyl (C=O) groups is 1. The van der Waals surface area contributed by atoms with E-state index in [1.54, 1.807) is 35.4 Å². The van der Waals surface area contributed by atoms with Gasteiger partial charge in [0.25, 0.3) is 0 Å². The van der Waals surface area contributed by atoms with Crippen molar-refractivity contribution in [3.8, 4) is 0 Å². The maximum absolute atomic E-state index is 12.7. The Hall–Kier alpha value is -1.68. The summed E-state index contributed by atoms with van der Waals surface area (Å²) in [5.74, 6) is -0.245. The first kappa shape index (κ1) is 12.8. The van der Waals surface area contributed by atoms with E-state index in [2.05, 4.69) is 0 Å². The average molecular weight is 263 g/mol. The highest BCUT2D eigenvalue weighted by molar-refractivity contribution is 7.07. The quantitative estimate of drug-likeness (QED) is 0.830. The molecule has 2 aromatic rings. The molecule has 1 aromatic carbocycles. The Kier molecular flexibility index (Phi) is 4.10. The van der Waals surface area contributed by atoms with Crippen molar-refractivity contribution >= 4 is 17.2 Å². The Balaban J connectivity index is 1.93. The standard InChI is InChI=1S/C14H14FNOS/c1-16(9-12-6-7-18-10-12)14(17)8-11-2-4-13(15)5-3-11/h2-7,10H,8-9H2,1H3. The molecule has 1 amide bonds. The number of thiophene rings is 1. The van der Waals surface area contributed by atoms with E-state index in [-0.39, 0.29) is 11.7 Å². The SMILES string of the molecule is CN(Cc1ccsc1)C(=O)Cc1ccc(F)cc1. The highest BCUT2D eigenvalue weighted by Crippen LogP contribution is 2.10. The van der Waals surface area contributed by atoms with Crippen LogP contribution in [0.15, 0.2) is 41.1 Å². The van der Waals surface area contributed by atoms with Gasteiger partial charge in [-0.05, 0) is 40.1 Å². The van der Waals surface area contributed by atoms with Gasteiger partial charge in [0.2, 0.25) is 5.91 Å². The van der Waals surface area contributed by atoms with Crippen molar-refractivity contribution in [1.29, 1.82) is 0 Å². The lowest BCUT2D eigenvalue weighted by atomic mass is 10.1. The second-order valence-electron chi connectivity index (χ2n) is 4.18. The zero-order valence-corrected chi connectivity index (χ0v) is 10.9. The summed E-state index contributed by atoms with van der Waals surface area (Å²) in [6.07, 6.45) is 0.306. The summed E-state index contributed by atoms with van der Waals surface area (Å²) in [6, 6.07) is 8.05. The monoisotopic (exact) mass is 263 g/mol. The van der Waals surface area contributed by atoms with Crippen molar-refractivity contribution in [2.75, 3.05) is 7.05 Å². The average Bonchev–Trinajstić information content (AvgIpc) is 2.85. The number of hydrogen-bond donors (Lipinski definition) is 0. The van der Waals surface area contributed by atoms with Gasteiger partial charge in [-0.15, -0.1) is 0 Å². The second-order valence-corrected chi connectivity index (χ2v) is 4.96. The van der Waals surface area contributed by atoms with E-state index < -0.39 is 0 Å². The van der Waals surface area contributed by atoms with Gasteiger partial charge in [-0.2, -0.15) is 11.3 Å². The van der Waals surface area contributed by atoms with Gasteiger partial charge < -0.3 is 4.90 Å². The Morgan fingerprint density at radius 2 is 1.94 bits per heavy atom. The normalized spacial score (nSPS) is 10.3. The fourth-order valence-electron chi connectivity index (χ4n) is 1.66. The summed E-state index contributed by atoms with van der Waals surface area (Å²) in [4.78, 5) is 13.6. The molecule has 0 radical (unpaired) electrons. The summed E-state index contributed by atoms with van der Waals surface area (Å²) in [5, 5.41) is 4.02. The van der Waals surface area contributed by atoms with Crippen LogP contribution in [0, 0.1) is 5.82 Å². The van der Waals surface area contributed by atoms with Crippen LogP contribution < -0.4 is 0 Å². The molecule has 2 rings (SSSR count). The first-order valence-corrected chi connectivity index (χ1v) is 6.59. The fraction of sp³-hybridized carbons (Fsp3) is 0.214. The number of hydrogen-bond acceptors (Lipinski definition) is 2. The van der Waals surface area contributed by atoms with Gasteiger partial charge >= 0.3 is 0 Å². The molecule has 0 atom stereocenters. The van der Waals surface area contributed by atoms with Gasteiger partial charge in [0.15, 0.2) is 0 Å². The Morgan fingerprint density at radius 3 is 2.56 bits per heavy atom. The van der Waals surface area contributed by atoms with Gasteiger partial charge in [0.1, 0.15) is 5.82 Å². The maximum Gasteiger partial charge on any atom is 0.227 e. The number of benzene rings is 1. The summed E-state index contributed by atoms with van der Waals surface area (Å²) in [7, 11) is 1.78. The molecule has 0 bridgehead atoms. The van der Waals surface area contributed by atoms with Gasteiger partial charge in [-0.25, -0.2) is 4.39 Å². The van der Waals surface area contributed by atoms with Crippen LogP contribution in [0.25, 0.3) is 0 Å². The van der Waals surface area contributed by atoms with Crippen molar-refractivity contribution in [2.24, 2.45) is 0 Å². The topological polar surface area (TPSA) is 20.3 Å². The van der Waals surface area contributed by atoms with Gasteiger partial charge in [-0.3, -0.25) is 4.79 Å². The van der Waals surface area contributed by atoms with Crippen LogP contribution in [0.1, 0.15) is 11.1 Å². The predicted octanol–water partition coefficient (Wildman–Crippen LogP) is 3.09. The maximum atomic E-state index is 12.7. The molecule has 0 saturated heterocycles. The van der Waals surface area contributed by atoms with Crippen molar-refractivity contribution in [3.05, 3.63) is 58.0 Å². The van der Waals surface area contributed by atoms with Crippen LogP contribution in [-0.4, -0.2) is 17.9 Å². The van der Waals surface area contributed by atoms with Crippen LogP contribution in [0.4, 0.5) is 4.39 Å². The van der Waals surface area contributed by atoms with Gasteiger partial charge in [0.05, 0.1) is 6.42 Å². The summed E-state index contributed by atoms with van der Waals surface area (Å²) < 4.78 is 12.7. The number of likely N-dealkylation sites (N-methyl/N-ethyl adjacent to an activating group) is 1. The lowest BCUT2D eigenvalue weighted by Crippen LogP contribution is -2.27. The van der Waals surface area contributed by atoms with Crippen molar-refractivity contribution in [1.82, 2.24) is 4.90 Å². The number of carbonyl (C=O) groups excluding carboxylic acids is 1. The second kappa shape index (κ2) is 5.78. The third kappa shape index (κ3) is 3.40. The largest absolute Gasteiger partial charge is 0.341 e. The minimum atomic E-state index is -0.280. The molecule has 4 heteroatoms. The van der Waals surface area contributed by atoms with Crippen LogP contribution in [0.5, 0.6) is 0 Å². The molecular formula is C14H14FNOS. The molecule has 2 nitrogen and oxygen atoms in total. The molecule has 0 fully saturated rings. The van der Waals surface area contributed by atoms with Gasteiger partial charge in [-0.1, -0.05) is 12.1 Å². The van der Waals surface area contributed by atoms with Crippen LogP contribution in [-0.2, 0) is 17.8 Å². The van der Waals surface area contributed by atoms with Crippen molar-refractivity contribution in [2.45, 2.75) is 13.0 Å². The van der Waals surface area contributed by atoms with Crippen LogP contribution >= 0.6 is 11.3 Å². The smallest absolute Gasteiger partial charge is 0.227 e. The first-order chi connectivity index (χ1) is 8.65. The summed E-state index contributed by atoms with van der Waals surface area (Å²) in [6.45, 7) is 0.615. The summed E-state index contributed by atoms with van der Waals surface area (Å²) >= 11 is 1.62. The van der Waals surface area contributed by atoms with Crippen molar-refractivity contribution in [3.63, 3.8) is 0 Å². The van der Waals surface area contributed by atoms with E-state index >= 15 is 0 Å². The first-order valence-electron chi connectivity index (χ1n) is 5.64. The molecule has 0 aliphatic heterocycles. The Morgan fingerprint density at radius 1 is 1.22 bits per heavy atom. The molecule has 1 aromatic heterocycles. The molecule has 0 N–H and O–H groups in total. The molecule has 0 aliphatic rings. The molecule has 1 heterocycles. The minimum absolute atomic E-state index is 0.0350. The van der Waals surface area contributed by atoms with Crippen LogP contribution in [0.3, 0.4) is 0 Å².